The molecule has 1 aliphatic heterocycles. The fraction of sp³-hybridized carbons (Fsp3) is 0.529. The number of aryl methyl sites for hydroxylation is 1. The van der Waals surface area contributed by atoms with Crippen molar-refractivity contribution in [2.75, 3.05) is 6.54 Å². The largest absolute Gasteiger partial charge is 0.337 e. The maximum absolute atomic E-state index is 13.0. The molecule has 2 fully saturated rings. The number of hydrogen-bond acceptors (Lipinski definition) is 6. The second-order valence-electron chi connectivity index (χ2n) is 7.05. The number of hydrogen-bond donors (Lipinski definition) is 1. The Kier molecular flexibility index (Phi) is 5.13. The van der Waals surface area contributed by atoms with Gasteiger partial charge in [0.25, 0.3) is 0 Å². The predicted octanol–water partition coefficient (Wildman–Crippen LogP) is 2.66. The van der Waals surface area contributed by atoms with Gasteiger partial charge in [0.1, 0.15) is 6.04 Å². The standard InChI is InChI=1S/C17H22N4O3S.ClH/c1-12-5-7-13(8-6-12)25(22,23)21-11-2-4-14(21)15-19-16(20-24-15)17(18)9-3-10-17;/h5-8,14H,2-4,9-11,18H2,1H3;1H. The van der Waals surface area contributed by atoms with Gasteiger partial charge in [-0.1, -0.05) is 22.9 Å². The van der Waals surface area contributed by atoms with Crippen LogP contribution >= 0.6 is 12.4 Å². The van der Waals surface area contributed by atoms with Gasteiger partial charge in [0.15, 0.2) is 5.82 Å². The molecule has 0 amide bonds. The maximum atomic E-state index is 13.0. The monoisotopic (exact) mass is 398 g/mol. The average molecular weight is 399 g/mol. The summed E-state index contributed by atoms with van der Waals surface area (Å²) < 4.78 is 32.9. The second-order valence-corrected chi connectivity index (χ2v) is 8.94. The van der Waals surface area contributed by atoms with Crippen molar-refractivity contribution in [2.45, 2.75) is 55.5 Å². The Labute approximate surface area is 159 Å². The minimum Gasteiger partial charge on any atom is -0.337 e. The van der Waals surface area contributed by atoms with Crippen LogP contribution in [0.2, 0.25) is 0 Å². The topological polar surface area (TPSA) is 102 Å². The second kappa shape index (κ2) is 6.92. The van der Waals surface area contributed by atoms with Crippen LogP contribution in [0.1, 0.15) is 55.4 Å². The summed E-state index contributed by atoms with van der Waals surface area (Å²) in [6.45, 7) is 2.38. The molecule has 26 heavy (non-hydrogen) atoms. The third-order valence-corrected chi connectivity index (χ3v) is 7.17. The first-order chi connectivity index (χ1) is 11.9. The van der Waals surface area contributed by atoms with Crippen molar-refractivity contribution in [3.8, 4) is 0 Å². The lowest BCUT2D eigenvalue weighted by atomic mass is 9.77. The van der Waals surface area contributed by atoms with E-state index in [1.807, 2.05) is 6.92 Å². The SMILES string of the molecule is Cc1ccc(S(=O)(=O)N2CCCC2c2nc(C3(N)CCC3)no2)cc1.Cl. The molecule has 1 saturated carbocycles. The third-order valence-electron chi connectivity index (χ3n) is 5.25. The lowest BCUT2D eigenvalue weighted by Gasteiger charge is -2.34. The number of rotatable bonds is 4. The van der Waals surface area contributed by atoms with Crippen LogP contribution in [-0.2, 0) is 15.6 Å². The summed E-state index contributed by atoms with van der Waals surface area (Å²) in [7, 11) is -3.60. The van der Waals surface area contributed by atoms with Gasteiger partial charge in [-0.25, -0.2) is 8.42 Å². The van der Waals surface area contributed by atoms with Crippen molar-refractivity contribution in [2.24, 2.45) is 5.73 Å². The van der Waals surface area contributed by atoms with Crippen molar-refractivity contribution in [1.82, 2.24) is 14.4 Å². The third kappa shape index (κ3) is 3.15. The van der Waals surface area contributed by atoms with Crippen LogP contribution in [0.3, 0.4) is 0 Å². The van der Waals surface area contributed by atoms with Gasteiger partial charge >= 0.3 is 0 Å². The summed E-state index contributed by atoms with van der Waals surface area (Å²) in [6, 6.07) is 6.47. The quantitative estimate of drug-likeness (QED) is 0.849. The Morgan fingerprint density at radius 2 is 1.92 bits per heavy atom. The van der Waals surface area contributed by atoms with Crippen LogP contribution in [0.4, 0.5) is 0 Å². The zero-order chi connectivity index (χ0) is 17.7. The van der Waals surface area contributed by atoms with E-state index in [9.17, 15) is 8.42 Å². The number of benzene rings is 1. The summed E-state index contributed by atoms with van der Waals surface area (Å²) in [5, 5.41) is 4.02. The van der Waals surface area contributed by atoms with Gasteiger partial charge in [0.05, 0.1) is 10.4 Å². The van der Waals surface area contributed by atoms with E-state index >= 15 is 0 Å². The highest BCUT2D eigenvalue weighted by Gasteiger charge is 2.43. The molecule has 1 saturated heterocycles. The first-order valence-corrected chi connectivity index (χ1v) is 10.1. The highest BCUT2D eigenvalue weighted by atomic mass is 35.5. The van der Waals surface area contributed by atoms with Gasteiger partial charge in [-0.05, 0) is 51.2 Å². The Hall–Kier alpha value is -1.48. The van der Waals surface area contributed by atoms with E-state index < -0.39 is 21.6 Å². The molecule has 7 nitrogen and oxygen atoms in total. The highest BCUT2D eigenvalue weighted by Crippen LogP contribution is 2.40. The van der Waals surface area contributed by atoms with E-state index in [0.717, 1.165) is 31.2 Å². The molecule has 4 rings (SSSR count). The Balaban J connectivity index is 0.00000196. The zero-order valence-corrected chi connectivity index (χ0v) is 16.2. The summed E-state index contributed by atoms with van der Waals surface area (Å²) in [5.41, 5.74) is 6.75. The first-order valence-electron chi connectivity index (χ1n) is 8.62. The van der Waals surface area contributed by atoms with E-state index in [2.05, 4.69) is 10.1 Å². The fourth-order valence-corrected chi connectivity index (χ4v) is 5.13. The van der Waals surface area contributed by atoms with E-state index in [1.165, 1.54) is 4.31 Å². The molecular formula is C17H23ClN4O3S. The molecule has 0 spiro atoms. The first kappa shape index (κ1) is 19.3. The van der Waals surface area contributed by atoms with Crippen molar-refractivity contribution >= 4 is 22.4 Å². The normalized spacial score (nSPS) is 22.6. The summed E-state index contributed by atoms with van der Waals surface area (Å²) in [5.74, 6) is 0.841. The van der Waals surface area contributed by atoms with E-state index in [4.69, 9.17) is 10.3 Å². The molecule has 142 valence electrons. The minimum absolute atomic E-state index is 0. The summed E-state index contributed by atoms with van der Waals surface area (Å²) in [6.07, 6.45) is 4.16. The van der Waals surface area contributed by atoms with Crippen LogP contribution in [0.15, 0.2) is 33.7 Å². The molecular weight excluding hydrogens is 376 g/mol. The number of halogens is 1. The molecule has 9 heteroatoms. The molecule has 2 aromatic rings. The number of aromatic nitrogens is 2. The molecule has 2 heterocycles. The minimum atomic E-state index is -3.60. The van der Waals surface area contributed by atoms with Crippen LogP contribution in [-0.4, -0.2) is 29.4 Å². The number of nitrogens with two attached hydrogens (primary N) is 1. The van der Waals surface area contributed by atoms with E-state index in [-0.39, 0.29) is 12.4 Å². The molecule has 1 aromatic heterocycles. The van der Waals surface area contributed by atoms with Crippen LogP contribution in [0.5, 0.6) is 0 Å². The van der Waals surface area contributed by atoms with Crippen molar-refractivity contribution in [3.05, 3.63) is 41.5 Å². The molecule has 2 N–H and O–H groups in total. The van der Waals surface area contributed by atoms with E-state index in [0.29, 0.717) is 29.6 Å². The molecule has 1 aromatic carbocycles. The Bertz CT molecular complexity index is 878. The Morgan fingerprint density at radius 1 is 1.23 bits per heavy atom. The van der Waals surface area contributed by atoms with Gasteiger partial charge in [0.2, 0.25) is 15.9 Å². The van der Waals surface area contributed by atoms with Crippen LogP contribution in [0, 0.1) is 6.92 Å². The fourth-order valence-electron chi connectivity index (χ4n) is 3.47. The smallest absolute Gasteiger partial charge is 0.245 e. The van der Waals surface area contributed by atoms with Gasteiger partial charge < -0.3 is 10.3 Å². The van der Waals surface area contributed by atoms with Crippen LogP contribution < -0.4 is 5.73 Å². The number of nitrogens with zero attached hydrogens (tertiary/aromatic N) is 3. The lowest BCUT2D eigenvalue weighted by Crippen LogP contribution is -2.44. The van der Waals surface area contributed by atoms with E-state index in [1.54, 1.807) is 24.3 Å². The summed E-state index contributed by atoms with van der Waals surface area (Å²) >= 11 is 0. The lowest BCUT2D eigenvalue weighted by molar-refractivity contribution is 0.227. The number of sulfonamides is 1. The van der Waals surface area contributed by atoms with Crippen molar-refractivity contribution in [1.29, 1.82) is 0 Å². The van der Waals surface area contributed by atoms with Crippen LogP contribution in [0.25, 0.3) is 0 Å². The molecule has 2 aliphatic rings. The Morgan fingerprint density at radius 3 is 2.54 bits per heavy atom. The molecule has 1 unspecified atom stereocenters. The molecule has 1 aliphatic carbocycles. The summed E-state index contributed by atoms with van der Waals surface area (Å²) in [4.78, 5) is 4.74. The molecule has 0 bridgehead atoms. The van der Waals surface area contributed by atoms with Crippen molar-refractivity contribution in [3.63, 3.8) is 0 Å². The average Bonchev–Trinajstić information content (AvgIpc) is 3.22. The zero-order valence-electron chi connectivity index (χ0n) is 14.6. The predicted molar refractivity (Wildman–Crippen MR) is 98.3 cm³/mol. The van der Waals surface area contributed by atoms with Crippen molar-refractivity contribution < 1.29 is 12.9 Å². The highest BCUT2D eigenvalue weighted by molar-refractivity contribution is 7.89. The van der Waals surface area contributed by atoms with Gasteiger partial charge in [-0.15, -0.1) is 12.4 Å². The molecule has 1 atom stereocenters. The van der Waals surface area contributed by atoms with Gasteiger partial charge in [0, 0.05) is 6.54 Å². The van der Waals surface area contributed by atoms with Gasteiger partial charge in [-0.2, -0.15) is 9.29 Å². The molecule has 0 radical (unpaired) electrons. The maximum Gasteiger partial charge on any atom is 0.245 e. The van der Waals surface area contributed by atoms with Gasteiger partial charge in [-0.3, -0.25) is 0 Å².